The van der Waals surface area contributed by atoms with Crippen molar-refractivity contribution in [3.63, 3.8) is 0 Å². The summed E-state index contributed by atoms with van der Waals surface area (Å²) in [5, 5.41) is 3.22. The molecular formula is C11H21ClN2. The lowest BCUT2D eigenvalue weighted by molar-refractivity contribution is 0.156. The van der Waals surface area contributed by atoms with Crippen molar-refractivity contribution in [3.8, 4) is 0 Å². The van der Waals surface area contributed by atoms with Crippen LogP contribution in [0.15, 0.2) is 11.6 Å². The van der Waals surface area contributed by atoms with Crippen LogP contribution >= 0.6 is 11.6 Å². The topological polar surface area (TPSA) is 15.3 Å². The molecule has 0 spiro atoms. The number of rotatable bonds is 5. The summed E-state index contributed by atoms with van der Waals surface area (Å²) < 4.78 is 0. The molecule has 0 saturated carbocycles. The second-order valence-electron chi connectivity index (χ2n) is 3.90. The molecule has 1 atom stereocenters. The van der Waals surface area contributed by atoms with Gasteiger partial charge in [0.05, 0.1) is 0 Å². The minimum Gasteiger partial charge on any atom is -0.320 e. The zero-order chi connectivity index (χ0) is 10.2. The molecule has 2 nitrogen and oxygen atoms in total. The van der Waals surface area contributed by atoms with Crippen LogP contribution in [0.25, 0.3) is 0 Å². The predicted octanol–water partition coefficient (Wildman–Crippen LogP) is 2.20. The summed E-state index contributed by atoms with van der Waals surface area (Å²) in [6.07, 6.45) is 7.37. The molecule has 1 saturated heterocycles. The number of hydrogen-bond acceptors (Lipinski definition) is 2. The standard InChI is InChI=1S/C11H21ClN2/c1-13-8-6-11-5-2-3-9-14(11)10-4-7-12/h4,7,11,13H,2-3,5-6,8-10H2,1H3. The third kappa shape index (κ3) is 3.99. The maximum Gasteiger partial charge on any atom is 0.0177 e. The zero-order valence-corrected chi connectivity index (χ0v) is 9.76. The van der Waals surface area contributed by atoms with E-state index in [-0.39, 0.29) is 0 Å². The smallest absolute Gasteiger partial charge is 0.0177 e. The summed E-state index contributed by atoms with van der Waals surface area (Å²) in [5.41, 5.74) is 1.63. The molecule has 3 heteroatoms. The highest BCUT2D eigenvalue weighted by molar-refractivity contribution is 6.25. The molecule has 1 N–H and O–H groups in total. The van der Waals surface area contributed by atoms with Crippen LogP contribution in [0.2, 0.25) is 0 Å². The Balaban J connectivity index is 2.33. The van der Waals surface area contributed by atoms with Gasteiger partial charge in [0.1, 0.15) is 0 Å². The van der Waals surface area contributed by atoms with E-state index in [1.165, 1.54) is 32.2 Å². The Morgan fingerprint density at radius 1 is 1.50 bits per heavy atom. The zero-order valence-electron chi connectivity index (χ0n) is 9.01. The Labute approximate surface area is 92.3 Å². The van der Waals surface area contributed by atoms with Gasteiger partial charge in [0.2, 0.25) is 0 Å². The van der Waals surface area contributed by atoms with Gasteiger partial charge >= 0.3 is 0 Å². The largest absolute Gasteiger partial charge is 0.320 e. The quantitative estimate of drug-likeness (QED) is 0.758. The summed E-state index contributed by atoms with van der Waals surface area (Å²) in [6.45, 7) is 3.36. The lowest BCUT2D eigenvalue weighted by Gasteiger charge is -2.35. The first-order chi connectivity index (χ1) is 6.88. The minimum absolute atomic E-state index is 0.754. The highest BCUT2D eigenvalue weighted by Crippen LogP contribution is 2.18. The normalized spacial score (nSPS) is 24.6. The highest BCUT2D eigenvalue weighted by atomic mass is 35.5. The molecule has 1 unspecified atom stereocenters. The lowest BCUT2D eigenvalue weighted by Crippen LogP contribution is -2.40. The van der Waals surface area contributed by atoms with Crippen LogP contribution in [0, 0.1) is 0 Å². The van der Waals surface area contributed by atoms with Crippen molar-refractivity contribution in [2.45, 2.75) is 31.7 Å². The van der Waals surface area contributed by atoms with E-state index < -0.39 is 0 Å². The molecule has 0 bridgehead atoms. The van der Waals surface area contributed by atoms with Gasteiger partial charge in [-0.05, 0) is 39.4 Å². The molecule has 0 aliphatic carbocycles. The van der Waals surface area contributed by atoms with Crippen LogP contribution in [-0.2, 0) is 0 Å². The van der Waals surface area contributed by atoms with Crippen molar-refractivity contribution >= 4 is 11.6 Å². The van der Waals surface area contributed by atoms with Crippen molar-refractivity contribution in [1.29, 1.82) is 0 Å². The molecule has 1 fully saturated rings. The molecule has 1 aliphatic rings. The van der Waals surface area contributed by atoms with E-state index in [0.717, 1.165) is 19.1 Å². The first-order valence-electron chi connectivity index (χ1n) is 5.52. The van der Waals surface area contributed by atoms with E-state index in [0.29, 0.717) is 0 Å². The molecule has 0 aromatic carbocycles. The number of nitrogens with one attached hydrogen (secondary N) is 1. The van der Waals surface area contributed by atoms with Gasteiger partial charge in [0.15, 0.2) is 0 Å². The molecule has 0 radical (unpaired) electrons. The Kier molecular flexibility index (Phi) is 6.24. The Bertz CT molecular complexity index is 171. The first kappa shape index (κ1) is 12.0. The van der Waals surface area contributed by atoms with Crippen molar-refractivity contribution in [2.24, 2.45) is 0 Å². The summed E-state index contributed by atoms with van der Waals surface area (Å²) in [5.74, 6) is 0. The second-order valence-corrected chi connectivity index (χ2v) is 4.15. The van der Waals surface area contributed by atoms with E-state index in [9.17, 15) is 0 Å². The number of halogens is 1. The Morgan fingerprint density at radius 2 is 2.36 bits per heavy atom. The van der Waals surface area contributed by atoms with E-state index in [1.54, 1.807) is 5.54 Å². The van der Waals surface area contributed by atoms with Crippen molar-refractivity contribution < 1.29 is 0 Å². The third-order valence-corrected chi connectivity index (χ3v) is 3.08. The number of hydrogen-bond donors (Lipinski definition) is 1. The number of nitrogens with zero attached hydrogens (tertiary/aromatic N) is 1. The Hall–Kier alpha value is -0.0500. The molecule has 0 aromatic heterocycles. The van der Waals surface area contributed by atoms with E-state index in [2.05, 4.69) is 10.2 Å². The molecule has 0 aromatic rings. The SMILES string of the molecule is CNCCC1CCCCN1CC=CCl. The van der Waals surface area contributed by atoms with Crippen molar-refractivity contribution in [2.75, 3.05) is 26.7 Å². The molecular weight excluding hydrogens is 196 g/mol. The van der Waals surface area contributed by atoms with Gasteiger partial charge in [-0.25, -0.2) is 0 Å². The van der Waals surface area contributed by atoms with E-state index >= 15 is 0 Å². The summed E-state index contributed by atoms with van der Waals surface area (Å²) in [6, 6.07) is 0.754. The van der Waals surface area contributed by atoms with E-state index in [4.69, 9.17) is 11.6 Å². The molecule has 14 heavy (non-hydrogen) atoms. The average Bonchev–Trinajstić information content (AvgIpc) is 2.24. The second kappa shape index (κ2) is 7.27. The van der Waals surface area contributed by atoms with Crippen LogP contribution < -0.4 is 5.32 Å². The van der Waals surface area contributed by atoms with Crippen LogP contribution in [0.4, 0.5) is 0 Å². The van der Waals surface area contributed by atoms with Crippen molar-refractivity contribution in [3.05, 3.63) is 11.6 Å². The van der Waals surface area contributed by atoms with Crippen LogP contribution in [0.5, 0.6) is 0 Å². The molecule has 1 aliphatic heterocycles. The van der Waals surface area contributed by atoms with Gasteiger partial charge < -0.3 is 5.32 Å². The fraction of sp³-hybridized carbons (Fsp3) is 0.818. The van der Waals surface area contributed by atoms with Gasteiger partial charge in [0, 0.05) is 18.1 Å². The fourth-order valence-corrected chi connectivity index (χ4v) is 2.19. The third-order valence-electron chi connectivity index (χ3n) is 2.91. The van der Waals surface area contributed by atoms with Gasteiger partial charge in [-0.2, -0.15) is 0 Å². The van der Waals surface area contributed by atoms with Gasteiger partial charge in [-0.3, -0.25) is 4.90 Å². The molecule has 1 rings (SSSR count). The minimum atomic E-state index is 0.754. The predicted molar refractivity (Wildman–Crippen MR) is 62.7 cm³/mol. The summed E-state index contributed by atoms with van der Waals surface area (Å²) in [4.78, 5) is 2.54. The summed E-state index contributed by atoms with van der Waals surface area (Å²) in [7, 11) is 2.02. The molecule has 0 amide bonds. The van der Waals surface area contributed by atoms with Crippen LogP contribution in [-0.4, -0.2) is 37.6 Å². The fourth-order valence-electron chi connectivity index (χ4n) is 2.11. The van der Waals surface area contributed by atoms with E-state index in [1.807, 2.05) is 13.1 Å². The number of likely N-dealkylation sites (tertiary alicyclic amines) is 1. The average molecular weight is 217 g/mol. The van der Waals surface area contributed by atoms with Gasteiger partial charge in [0.25, 0.3) is 0 Å². The number of piperidine rings is 1. The van der Waals surface area contributed by atoms with Crippen LogP contribution in [0.1, 0.15) is 25.7 Å². The maximum absolute atomic E-state index is 5.55. The van der Waals surface area contributed by atoms with Crippen molar-refractivity contribution in [1.82, 2.24) is 10.2 Å². The molecule has 1 heterocycles. The van der Waals surface area contributed by atoms with Crippen LogP contribution in [0.3, 0.4) is 0 Å². The van der Waals surface area contributed by atoms with Gasteiger partial charge in [-0.1, -0.05) is 24.1 Å². The maximum atomic E-state index is 5.55. The molecule has 82 valence electrons. The monoisotopic (exact) mass is 216 g/mol. The Morgan fingerprint density at radius 3 is 3.07 bits per heavy atom. The highest BCUT2D eigenvalue weighted by Gasteiger charge is 2.20. The van der Waals surface area contributed by atoms with Gasteiger partial charge in [-0.15, -0.1) is 0 Å². The lowest BCUT2D eigenvalue weighted by atomic mass is 9.99. The first-order valence-corrected chi connectivity index (χ1v) is 5.96. The summed E-state index contributed by atoms with van der Waals surface area (Å²) >= 11 is 5.55.